The van der Waals surface area contributed by atoms with Gasteiger partial charge in [-0.15, -0.1) is 0 Å². The largest absolute Gasteiger partial charge is 0.465 e. The average molecular weight is 377 g/mol. The summed E-state index contributed by atoms with van der Waals surface area (Å²) >= 11 is 5.95. The molecule has 1 atom stereocenters. The highest BCUT2D eigenvalue weighted by atomic mass is 35.5. The van der Waals surface area contributed by atoms with Gasteiger partial charge in [-0.2, -0.15) is 0 Å². The molecule has 0 spiro atoms. The van der Waals surface area contributed by atoms with Crippen LogP contribution in [0.4, 0.5) is 10.1 Å². The predicted molar refractivity (Wildman–Crippen MR) is 93.8 cm³/mol. The quantitative estimate of drug-likeness (QED) is 0.830. The van der Waals surface area contributed by atoms with Gasteiger partial charge in [0, 0.05) is 17.7 Å². The normalized spacial score (nSPS) is 15.8. The topological polar surface area (TPSA) is 77.0 Å². The number of ether oxygens (including phenoxy) is 1. The van der Waals surface area contributed by atoms with Crippen LogP contribution in [0.15, 0.2) is 47.6 Å². The second-order valence-electron chi connectivity index (χ2n) is 5.52. The molecule has 1 amide bonds. The van der Waals surface area contributed by atoms with Crippen LogP contribution >= 0.6 is 11.6 Å². The Hall–Kier alpha value is -2.93. The van der Waals surface area contributed by atoms with Gasteiger partial charge in [-0.25, -0.2) is 9.18 Å². The van der Waals surface area contributed by atoms with Gasteiger partial charge in [-0.05, 0) is 30.3 Å². The summed E-state index contributed by atoms with van der Waals surface area (Å²) in [5.74, 6) is -1.45. The molecule has 0 bridgehead atoms. The van der Waals surface area contributed by atoms with Crippen molar-refractivity contribution in [3.8, 4) is 0 Å². The number of nitrogens with one attached hydrogen (secondary N) is 1. The molecule has 3 rings (SSSR count). The maximum atomic E-state index is 13.3. The highest BCUT2D eigenvalue weighted by molar-refractivity contribution is 6.33. The van der Waals surface area contributed by atoms with Crippen LogP contribution in [0.1, 0.15) is 22.3 Å². The zero-order valence-corrected chi connectivity index (χ0v) is 14.4. The molecule has 1 aliphatic rings. The second kappa shape index (κ2) is 7.53. The number of oxime groups is 1. The van der Waals surface area contributed by atoms with Gasteiger partial charge in [0.2, 0.25) is 6.10 Å². The number of amides is 1. The molecule has 0 saturated heterocycles. The monoisotopic (exact) mass is 376 g/mol. The molecule has 2 aromatic carbocycles. The van der Waals surface area contributed by atoms with Gasteiger partial charge in [0.05, 0.1) is 23.4 Å². The van der Waals surface area contributed by atoms with E-state index in [0.29, 0.717) is 17.0 Å². The molecular formula is C18H14ClFN2O4. The lowest BCUT2D eigenvalue weighted by atomic mass is 10.0. The molecular weight excluding hydrogens is 363 g/mol. The van der Waals surface area contributed by atoms with Crippen LogP contribution in [0.3, 0.4) is 0 Å². The fraction of sp³-hybridized carbons (Fsp3) is 0.167. The van der Waals surface area contributed by atoms with Crippen molar-refractivity contribution in [3.63, 3.8) is 0 Å². The Morgan fingerprint density at radius 3 is 2.85 bits per heavy atom. The first-order chi connectivity index (χ1) is 12.5. The molecule has 0 radical (unpaired) electrons. The lowest BCUT2D eigenvalue weighted by Gasteiger charge is -2.11. The Kier molecular flexibility index (Phi) is 5.18. The molecule has 0 aromatic heterocycles. The summed E-state index contributed by atoms with van der Waals surface area (Å²) in [4.78, 5) is 29.2. The number of rotatable bonds is 4. The molecule has 8 heteroatoms. The number of carbonyl (C=O) groups is 2. The third-order valence-corrected chi connectivity index (χ3v) is 4.09. The summed E-state index contributed by atoms with van der Waals surface area (Å²) in [6, 6.07) is 10.3. The van der Waals surface area contributed by atoms with Crippen molar-refractivity contribution < 1.29 is 23.6 Å². The third-order valence-electron chi connectivity index (χ3n) is 3.76. The first-order valence-corrected chi connectivity index (χ1v) is 8.03. The second-order valence-corrected chi connectivity index (χ2v) is 5.93. The molecule has 134 valence electrons. The zero-order valence-electron chi connectivity index (χ0n) is 13.7. The lowest BCUT2D eigenvalue weighted by molar-refractivity contribution is -0.125. The summed E-state index contributed by atoms with van der Waals surface area (Å²) in [6.07, 6.45) is -0.655. The molecule has 0 saturated carbocycles. The van der Waals surface area contributed by atoms with E-state index in [-0.39, 0.29) is 17.0 Å². The number of anilines is 1. The number of hydrogen-bond acceptors (Lipinski definition) is 5. The summed E-state index contributed by atoms with van der Waals surface area (Å²) < 4.78 is 17.9. The molecule has 1 aliphatic heterocycles. The summed E-state index contributed by atoms with van der Waals surface area (Å²) in [5.41, 5.74) is 1.54. The van der Waals surface area contributed by atoms with Gasteiger partial charge in [0.1, 0.15) is 5.82 Å². The van der Waals surface area contributed by atoms with E-state index in [0.717, 1.165) is 0 Å². The number of halogens is 2. The van der Waals surface area contributed by atoms with E-state index in [1.54, 1.807) is 18.2 Å². The van der Waals surface area contributed by atoms with Crippen LogP contribution in [0.2, 0.25) is 5.02 Å². The van der Waals surface area contributed by atoms with Crippen molar-refractivity contribution in [2.45, 2.75) is 12.5 Å². The van der Waals surface area contributed by atoms with E-state index in [4.69, 9.17) is 16.4 Å². The highest BCUT2D eigenvalue weighted by Crippen LogP contribution is 2.23. The van der Waals surface area contributed by atoms with Gasteiger partial charge in [-0.3, -0.25) is 4.79 Å². The summed E-state index contributed by atoms with van der Waals surface area (Å²) in [7, 11) is 1.24. The van der Waals surface area contributed by atoms with E-state index in [9.17, 15) is 14.0 Å². The smallest absolute Gasteiger partial charge is 0.339 e. The van der Waals surface area contributed by atoms with Crippen LogP contribution in [0.5, 0.6) is 0 Å². The Labute approximate surface area is 153 Å². The number of methoxy groups -OCH3 is 1. The number of hydrogen-bond donors (Lipinski definition) is 1. The Morgan fingerprint density at radius 2 is 2.12 bits per heavy atom. The fourth-order valence-corrected chi connectivity index (χ4v) is 2.64. The minimum Gasteiger partial charge on any atom is -0.465 e. The van der Waals surface area contributed by atoms with Crippen molar-refractivity contribution >= 4 is 34.9 Å². The zero-order chi connectivity index (χ0) is 18.7. The van der Waals surface area contributed by atoms with Crippen LogP contribution in [-0.2, 0) is 14.4 Å². The van der Waals surface area contributed by atoms with E-state index >= 15 is 0 Å². The maximum Gasteiger partial charge on any atom is 0.339 e. The molecule has 0 aliphatic carbocycles. The minimum atomic E-state index is -0.856. The maximum absolute atomic E-state index is 13.3. The van der Waals surface area contributed by atoms with E-state index in [1.807, 2.05) is 0 Å². The molecule has 1 heterocycles. The summed E-state index contributed by atoms with van der Waals surface area (Å²) in [5, 5.41) is 6.71. The molecule has 6 nitrogen and oxygen atoms in total. The van der Waals surface area contributed by atoms with Crippen molar-refractivity contribution in [2.75, 3.05) is 12.4 Å². The molecule has 0 fully saturated rings. The van der Waals surface area contributed by atoms with E-state index in [2.05, 4.69) is 15.2 Å². The molecule has 1 unspecified atom stereocenters. The first kappa shape index (κ1) is 17.9. The summed E-state index contributed by atoms with van der Waals surface area (Å²) in [6.45, 7) is 0. The number of benzene rings is 2. The van der Waals surface area contributed by atoms with Crippen molar-refractivity contribution in [1.82, 2.24) is 0 Å². The van der Waals surface area contributed by atoms with Crippen LogP contribution in [-0.4, -0.2) is 30.8 Å². The molecule has 26 heavy (non-hydrogen) atoms. The third kappa shape index (κ3) is 3.83. The van der Waals surface area contributed by atoms with Gasteiger partial charge >= 0.3 is 5.97 Å². The molecule has 2 aromatic rings. The van der Waals surface area contributed by atoms with Crippen molar-refractivity contribution in [1.29, 1.82) is 0 Å². The minimum absolute atomic E-state index is 0.135. The SMILES string of the molecule is COC(=O)c1cc(NC(=O)C2CC(c3cccc(F)c3)=NO2)ccc1Cl. The van der Waals surface area contributed by atoms with Crippen molar-refractivity contribution in [2.24, 2.45) is 5.16 Å². The number of esters is 1. The van der Waals surface area contributed by atoms with Gasteiger partial charge in [-0.1, -0.05) is 28.9 Å². The molecule has 1 N–H and O–H groups in total. The average Bonchev–Trinajstić information content (AvgIpc) is 3.13. The first-order valence-electron chi connectivity index (χ1n) is 7.65. The van der Waals surface area contributed by atoms with Gasteiger partial charge in [0.25, 0.3) is 5.91 Å². The van der Waals surface area contributed by atoms with Crippen molar-refractivity contribution in [3.05, 3.63) is 64.4 Å². The number of nitrogens with zero attached hydrogens (tertiary/aromatic N) is 1. The van der Waals surface area contributed by atoms with Gasteiger partial charge < -0.3 is 14.9 Å². The Morgan fingerprint density at radius 1 is 1.31 bits per heavy atom. The van der Waals surface area contributed by atoms with E-state index < -0.39 is 23.8 Å². The lowest BCUT2D eigenvalue weighted by Crippen LogP contribution is -2.28. The van der Waals surface area contributed by atoms with Crippen LogP contribution < -0.4 is 5.32 Å². The van der Waals surface area contributed by atoms with Gasteiger partial charge in [0.15, 0.2) is 0 Å². The standard InChI is InChI=1S/C18H14ClFN2O4/c1-25-18(24)13-8-12(5-6-14(13)19)21-17(23)16-9-15(22-26-16)10-3-2-4-11(20)7-10/h2-8,16H,9H2,1H3,(H,21,23). The number of carbonyl (C=O) groups excluding carboxylic acids is 2. The Balaban J connectivity index is 1.68. The highest BCUT2D eigenvalue weighted by Gasteiger charge is 2.29. The van der Waals surface area contributed by atoms with Crippen LogP contribution in [0.25, 0.3) is 0 Å². The predicted octanol–water partition coefficient (Wildman–Crippen LogP) is 3.40. The Bertz CT molecular complexity index is 901. The van der Waals surface area contributed by atoms with Crippen LogP contribution in [0, 0.1) is 5.82 Å². The van der Waals surface area contributed by atoms with E-state index in [1.165, 1.54) is 31.4 Å². The fourth-order valence-electron chi connectivity index (χ4n) is 2.45.